The van der Waals surface area contributed by atoms with Crippen LogP contribution < -0.4 is 0 Å². The topological polar surface area (TPSA) is 25.2 Å². The molecule has 2 heterocycles. The van der Waals surface area contributed by atoms with Crippen LogP contribution >= 0.6 is 0 Å². The van der Waals surface area contributed by atoms with E-state index in [9.17, 15) is 13.6 Å². The summed E-state index contributed by atoms with van der Waals surface area (Å²) in [4.78, 5) is 14.5. The van der Waals surface area contributed by atoms with E-state index in [0.29, 0.717) is 18.8 Å². The Labute approximate surface area is 140 Å². The maximum absolute atomic E-state index is 13.3. The molecule has 1 amide bonds. The van der Waals surface area contributed by atoms with Gasteiger partial charge in [-0.25, -0.2) is 0 Å². The van der Waals surface area contributed by atoms with Crippen molar-refractivity contribution in [2.45, 2.75) is 33.2 Å². The third-order valence-electron chi connectivity index (χ3n) is 4.97. The quantitative estimate of drug-likeness (QED) is 0.815. The summed E-state index contributed by atoms with van der Waals surface area (Å²) in [6.07, 6.45) is 0. The van der Waals surface area contributed by atoms with Gasteiger partial charge in [-0.05, 0) is 30.0 Å². The van der Waals surface area contributed by atoms with Crippen LogP contribution in [-0.4, -0.2) is 28.5 Å². The van der Waals surface area contributed by atoms with Gasteiger partial charge < -0.3 is 4.90 Å². The summed E-state index contributed by atoms with van der Waals surface area (Å²) in [6.45, 7) is 4.22. The first-order chi connectivity index (χ1) is 11.3. The number of hydrogen-bond acceptors (Lipinski definition) is 1. The zero-order valence-electron chi connectivity index (χ0n) is 14.2. The van der Waals surface area contributed by atoms with Gasteiger partial charge in [0.05, 0.1) is 0 Å². The van der Waals surface area contributed by atoms with Crippen LogP contribution in [-0.2, 0) is 0 Å². The molecule has 24 heavy (non-hydrogen) atoms. The summed E-state index contributed by atoms with van der Waals surface area (Å²) in [5, 5.41) is 0. The first kappa shape index (κ1) is 16.7. The molecule has 1 aromatic carbocycles. The van der Waals surface area contributed by atoms with Crippen molar-refractivity contribution in [3.63, 3.8) is 0 Å². The number of halogens is 2. The highest BCUT2D eigenvalue weighted by atomic mass is 19.3. The predicted octanol–water partition coefficient (Wildman–Crippen LogP) is 4.46. The van der Waals surface area contributed by atoms with Gasteiger partial charge in [-0.2, -0.15) is 8.78 Å². The molecule has 128 valence electrons. The lowest BCUT2D eigenvalue weighted by Crippen LogP contribution is -2.32. The molecule has 0 spiro atoms. The smallest absolute Gasteiger partial charge is 0.319 e. The molecule has 1 aliphatic rings. The van der Waals surface area contributed by atoms with Gasteiger partial charge in [-0.1, -0.05) is 44.2 Å². The Morgan fingerprint density at radius 3 is 2.46 bits per heavy atom. The van der Waals surface area contributed by atoms with E-state index in [4.69, 9.17) is 0 Å². The maximum Gasteiger partial charge on any atom is 0.319 e. The van der Waals surface area contributed by atoms with Crippen LogP contribution in [0.3, 0.4) is 0 Å². The summed E-state index contributed by atoms with van der Waals surface area (Å²) < 4.78 is 27.3. The molecular formula is C19H22F2N2O. The molecule has 2 aromatic rings. The monoisotopic (exact) mass is 332 g/mol. The molecule has 0 saturated carbocycles. The molecule has 0 unspecified atom stereocenters. The highest BCUT2D eigenvalue weighted by molar-refractivity contribution is 5.93. The molecule has 0 aliphatic carbocycles. The van der Waals surface area contributed by atoms with Crippen molar-refractivity contribution in [2.24, 2.45) is 5.41 Å². The summed E-state index contributed by atoms with van der Waals surface area (Å²) in [7, 11) is 0. The Kier molecular flexibility index (Phi) is 4.20. The number of aryl methyl sites for hydroxylation is 1. The van der Waals surface area contributed by atoms with Crippen LogP contribution in [0.2, 0.25) is 0 Å². The Balaban J connectivity index is 1.88. The van der Waals surface area contributed by atoms with E-state index >= 15 is 0 Å². The van der Waals surface area contributed by atoms with Crippen LogP contribution in [0.1, 0.15) is 48.1 Å². The minimum Gasteiger partial charge on any atom is -0.336 e. The zero-order valence-corrected chi connectivity index (χ0v) is 14.2. The Bertz CT molecular complexity index is 737. The lowest BCUT2D eigenvalue weighted by Gasteiger charge is -2.25. The molecular weight excluding hydrogens is 310 g/mol. The van der Waals surface area contributed by atoms with E-state index in [0.717, 1.165) is 4.57 Å². The minimum atomic E-state index is -2.71. The largest absolute Gasteiger partial charge is 0.336 e. The van der Waals surface area contributed by atoms with E-state index in [1.165, 1.54) is 11.6 Å². The predicted molar refractivity (Wildman–Crippen MR) is 89.3 cm³/mol. The highest BCUT2D eigenvalue weighted by Crippen LogP contribution is 2.42. The van der Waals surface area contributed by atoms with E-state index < -0.39 is 6.55 Å². The molecule has 1 fully saturated rings. The number of aromatic nitrogens is 1. The molecule has 3 nitrogen and oxygen atoms in total. The molecule has 1 aromatic heterocycles. The van der Waals surface area contributed by atoms with Gasteiger partial charge in [-0.3, -0.25) is 9.36 Å². The van der Waals surface area contributed by atoms with Crippen molar-refractivity contribution in [3.8, 4) is 0 Å². The second-order valence-electron chi connectivity index (χ2n) is 7.15. The SMILES string of the molecule is Cc1ccc(C(=O)N2C[C@H](c3ccccc3)C(C)(C)C2)n1C(F)F. The number of carbonyl (C=O) groups excluding carboxylic acids is 1. The standard InChI is InChI=1S/C19H22F2N2O/c1-13-9-10-16(23(13)18(20)21)17(24)22-11-15(19(2,3)12-22)14-7-5-4-6-8-14/h4-10,15,18H,11-12H2,1-3H3/t15-/m1/s1. The molecule has 0 radical (unpaired) electrons. The number of carbonyl (C=O) groups is 1. The second kappa shape index (κ2) is 6.04. The number of benzene rings is 1. The molecule has 5 heteroatoms. The first-order valence-electron chi connectivity index (χ1n) is 8.11. The van der Waals surface area contributed by atoms with Crippen LogP contribution in [0, 0.1) is 12.3 Å². The molecule has 0 N–H and O–H groups in total. The molecule has 0 bridgehead atoms. The second-order valence-corrected chi connectivity index (χ2v) is 7.15. The summed E-state index contributed by atoms with van der Waals surface area (Å²) >= 11 is 0. The van der Waals surface area contributed by atoms with Gasteiger partial charge in [0.25, 0.3) is 5.91 Å². The fraction of sp³-hybridized carbons (Fsp3) is 0.421. The number of nitrogens with zero attached hydrogens (tertiary/aromatic N) is 2. The number of alkyl halides is 2. The third-order valence-corrected chi connectivity index (χ3v) is 4.97. The van der Waals surface area contributed by atoms with Gasteiger partial charge in [0, 0.05) is 24.7 Å². The van der Waals surface area contributed by atoms with Gasteiger partial charge in [0.2, 0.25) is 0 Å². The number of amides is 1. The van der Waals surface area contributed by atoms with Crippen LogP contribution in [0.15, 0.2) is 42.5 Å². The Morgan fingerprint density at radius 1 is 1.17 bits per heavy atom. The fourth-order valence-corrected chi connectivity index (χ4v) is 3.68. The van der Waals surface area contributed by atoms with Crippen LogP contribution in [0.4, 0.5) is 8.78 Å². The van der Waals surface area contributed by atoms with E-state index in [-0.39, 0.29) is 22.9 Å². The summed E-state index contributed by atoms with van der Waals surface area (Å²) in [5.41, 5.74) is 1.53. The summed E-state index contributed by atoms with van der Waals surface area (Å²) in [5.74, 6) is -0.131. The van der Waals surface area contributed by atoms with Crippen molar-refractivity contribution in [2.75, 3.05) is 13.1 Å². The number of rotatable bonds is 3. The molecule has 1 saturated heterocycles. The third kappa shape index (κ3) is 2.83. The Morgan fingerprint density at radius 2 is 1.83 bits per heavy atom. The first-order valence-corrected chi connectivity index (χ1v) is 8.11. The van der Waals surface area contributed by atoms with Gasteiger partial charge in [-0.15, -0.1) is 0 Å². The highest BCUT2D eigenvalue weighted by Gasteiger charge is 2.42. The molecule has 1 atom stereocenters. The number of likely N-dealkylation sites (tertiary alicyclic amines) is 1. The van der Waals surface area contributed by atoms with Gasteiger partial charge in [0.1, 0.15) is 5.69 Å². The van der Waals surface area contributed by atoms with Crippen LogP contribution in [0.25, 0.3) is 0 Å². The Hall–Kier alpha value is -2.17. The lowest BCUT2D eigenvalue weighted by molar-refractivity contribution is 0.0561. The van der Waals surface area contributed by atoms with E-state index in [1.807, 2.05) is 18.2 Å². The van der Waals surface area contributed by atoms with Crippen molar-refractivity contribution < 1.29 is 13.6 Å². The molecule has 3 rings (SSSR count). The summed E-state index contributed by atoms with van der Waals surface area (Å²) in [6, 6.07) is 13.1. The fourth-order valence-electron chi connectivity index (χ4n) is 3.68. The zero-order chi connectivity index (χ0) is 17.5. The molecule has 1 aliphatic heterocycles. The van der Waals surface area contributed by atoms with Gasteiger partial charge in [0.15, 0.2) is 0 Å². The lowest BCUT2D eigenvalue weighted by atomic mass is 9.78. The van der Waals surface area contributed by atoms with Crippen molar-refractivity contribution in [1.29, 1.82) is 0 Å². The normalized spacial score (nSPS) is 19.9. The average molecular weight is 332 g/mol. The maximum atomic E-state index is 13.3. The number of hydrogen-bond donors (Lipinski definition) is 0. The minimum absolute atomic E-state index is 0.0620. The van der Waals surface area contributed by atoms with Gasteiger partial charge >= 0.3 is 6.55 Å². The average Bonchev–Trinajstić information content (AvgIpc) is 3.07. The van der Waals surface area contributed by atoms with Crippen molar-refractivity contribution in [3.05, 3.63) is 59.4 Å². The van der Waals surface area contributed by atoms with Crippen molar-refractivity contribution >= 4 is 5.91 Å². The van der Waals surface area contributed by atoms with E-state index in [2.05, 4.69) is 26.0 Å². The van der Waals surface area contributed by atoms with Crippen LogP contribution in [0.5, 0.6) is 0 Å². The van der Waals surface area contributed by atoms with E-state index in [1.54, 1.807) is 17.9 Å². The van der Waals surface area contributed by atoms with Crippen molar-refractivity contribution in [1.82, 2.24) is 9.47 Å².